The van der Waals surface area contributed by atoms with Crippen molar-refractivity contribution in [3.05, 3.63) is 35.9 Å². The van der Waals surface area contributed by atoms with E-state index in [1.165, 1.54) is 0 Å². The summed E-state index contributed by atoms with van der Waals surface area (Å²) in [6.07, 6.45) is 0.632. The molecule has 0 saturated carbocycles. The molecule has 1 aromatic carbocycles. The summed E-state index contributed by atoms with van der Waals surface area (Å²) in [4.78, 5) is 13.2. The van der Waals surface area contributed by atoms with Crippen molar-refractivity contribution >= 4 is 5.97 Å². The van der Waals surface area contributed by atoms with E-state index in [4.69, 9.17) is 0 Å². The molecule has 0 bridgehead atoms. The Morgan fingerprint density at radius 1 is 1.42 bits per heavy atom. The van der Waals surface area contributed by atoms with Crippen LogP contribution < -0.4 is 0 Å². The highest BCUT2D eigenvalue weighted by atomic mass is 16.4. The summed E-state index contributed by atoms with van der Waals surface area (Å²) in [7, 11) is 0. The fraction of sp³-hybridized carbons (Fsp3) is 0.533. The molecule has 1 heterocycles. The van der Waals surface area contributed by atoms with Crippen molar-refractivity contribution in [3.63, 3.8) is 0 Å². The minimum atomic E-state index is -0.953. The molecule has 4 heteroatoms. The number of likely N-dealkylation sites (tertiary alicyclic amines) is 1. The highest BCUT2D eigenvalue weighted by Gasteiger charge is 2.42. The highest BCUT2D eigenvalue weighted by molar-refractivity contribution is 5.74. The average molecular weight is 263 g/mol. The number of nitrogens with zero attached hydrogens (tertiary/aromatic N) is 1. The average Bonchev–Trinajstić information content (AvgIpc) is 2.73. The fourth-order valence-corrected chi connectivity index (χ4v) is 2.69. The molecule has 1 aliphatic rings. The maximum Gasteiger partial charge on any atom is 0.310 e. The summed E-state index contributed by atoms with van der Waals surface area (Å²) in [5, 5.41) is 19.8. The first-order valence-electron chi connectivity index (χ1n) is 6.57. The monoisotopic (exact) mass is 263 g/mol. The lowest BCUT2D eigenvalue weighted by molar-refractivity contribution is -0.147. The lowest BCUT2D eigenvalue weighted by Gasteiger charge is -2.30. The topological polar surface area (TPSA) is 60.8 Å². The summed E-state index contributed by atoms with van der Waals surface area (Å²) >= 11 is 0. The van der Waals surface area contributed by atoms with Gasteiger partial charge in [0.05, 0.1) is 11.0 Å². The van der Waals surface area contributed by atoms with Crippen molar-refractivity contribution in [3.8, 4) is 0 Å². The van der Waals surface area contributed by atoms with Crippen molar-refractivity contribution in [2.45, 2.75) is 25.9 Å². The number of β-amino-alcohol motifs (C(OH)–C–C–N with tert-alkyl or cyclic N) is 1. The largest absolute Gasteiger partial charge is 0.481 e. The molecule has 2 atom stereocenters. The first kappa shape index (κ1) is 14.0. The van der Waals surface area contributed by atoms with Gasteiger partial charge >= 0.3 is 5.97 Å². The molecule has 0 aromatic heterocycles. The molecule has 2 N–H and O–H groups in total. The third kappa shape index (κ3) is 2.96. The van der Waals surface area contributed by atoms with E-state index >= 15 is 0 Å². The van der Waals surface area contributed by atoms with Crippen molar-refractivity contribution in [1.82, 2.24) is 4.90 Å². The van der Waals surface area contributed by atoms with Crippen LogP contribution in [-0.2, 0) is 10.4 Å². The van der Waals surface area contributed by atoms with Crippen LogP contribution in [-0.4, -0.2) is 40.7 Å². The quantitative estimate of drug-likeness (QED) is 0.868. The maximum absolute atomic E-state index is 11.2. The molecule has 1 aliphatic heterocycles. The minimum Gasteiger partial charge on any atom is -0.481 e. The lowest BCUT2D eigenvalue weighted by atomic mass is 9.90. The second-order valence-electron chi connectivity index (χ2n) is 5.97. The third-order valence-corrected chi connectivity index (χ3v) is 4.00. The molecule has 1 saturated heterocycles. The molecular weight excluding hydrogens is 242 g/mol. The van der Waals surface area contributed by atoms with E-state index in [1.54, 1.807) is 13.8 Å². The Bertz CT molecular complexity index is 458. The van der Waals surface area contributed by atoms with E-state index in [2.05, 4.69) is 0 Å². The van der Waals surface area contributed by atoms with Crippen molar-refractivity contribution in [2.24, 2.45) is 5.41 Å². The van der Waals surface area contributed by atoms with Gasteiger partial charge in [0.25, 0.3) is 0 Å². The van der Waals surface area contributed by atoms with Crippen LogP contribution >= 0.6 is 0 Å². The number of aliphatic hydroxyl groups is 1. The van der Waals surface area contributed by atoms with Crippen LogP contribution in [0.2, 0.25) is 0 Å². The molecule has 0 aliphatic carbocycles. The van der Waals surface area contributed by atoms with Gasteiger partial charge in [-0.2, -0.15) is 0 Å². The molecule has 0 spiro atoms. The van der Waals surface area contributed by atoms with Gasteiger partial charge in [0.15, 0.2) is 0 Å². The van der Waals surface area contributed by atoms with Crippen molar-refractivity contribution in [2.75, 3.05) is 19.6 Å². The Kier molecular flexibility index (Phi) is 3.65. The summed E-state index contributed by atoms with van der Waals surface area (Å²) in [6, 6.07) is 9.50. The number of carboxylic acid groups (broad SMARTS) is 1. The molecule has 4 nitrogen and oxygen atoms in total. The minimum absolute atomic E-state index is 0.458. The van der Waals surface area contributed by atoms with Gasteiger partial charge in [-0.1, -0.05) is 30.3 Å². The van der Waals surface area contributed by atoms with Crippen LogP contribution in [0.15, 0.2) is 30.3 Å². The lowest BCUT2D eigenvalue weighted by Crippen LogP contribution is -2.39. The summed E-state index contributed by atoms with van der Waals surface area (Å²) in [5.74, 6) is -0.755. The van der Waals surface area contributed by atoms with Crippen LogP contribution in [0, 0.1) is 5.41 Å². The number of rotatable bonds is 4. The molecule has 1 fully saturated rings. The van der Waals surface area contributed by atoms with E-state index in [0.29, 0.717) is 26.1 Å². The Labute approximate surface area is 113 Å². The van der Waals surface area contributed by atoms with Crippen LogP contribution in [0.25, 0.3) is 0 Å². The number of benzene rings is 1. The Morgan fingerprint density at radius 3 is 2.58 bits per heavy atom. The first-order chi connectivity index (χ1) is 8.83. The predicted molar refractivity (Wildman–Crippen MR) is 72.8 cm³/mol. The Balaban J connectivity index is 2.05. The van der Waals surface area contributed by atoms with Crippen molar-refractivity contribution < 1.29 is 15.0 Å². The van der Waals surface area contributed by atoms with Gasteiger partial charge in [0.2, 0.25) is 0 Å². The van der Waals surface area contributed by atoms with Gasteiger partial charge in [-0.3, -0.25) is 9.69 Å². The van der Waals surface area contributed by atoms with Crippen LogP contribution in [0.4, 0.5) is 0 Å². The van der Waals surface area contributed by atoms with E-state index in [0.717, 1.165) is 5.56 Å². The van der Waals surface area contributed by atoms with Gasteiger partial charge < -0.3 is 10.2 Å². The number of carbonyl (C=O) groups is 1. The van der Waals surface area contributed by atoms with Gasteiger partial charge in [-0.05, 0) is 32.4 Å². The van der Waals surface area contributed by atoms with E-state index in [9.17, 15) is 15.0 Å². The zero-order valence-corrected chi connectivity index (χ0v) is 11.5. The molecule has 2 unspecified atom stereocenters. The van der Waals surface area contributed by atoms with Gasteiger partial charge in [0, 0.05) is 13.1 Å². The molecular formula is C15H21NO3. The zero-order valence-electron chi connectivity index (χ0n) is 11.5. The molecule has 19 heavy (non-hydrogen) atoms. The smallest absolute Gasteiger partial charge is 0.310 e. The number of hydrogen-bond acceptors (Lipinski definition) is 3. The van der Waals surface area contributed by atoms with Gasteiger partial charge in [-0.25, -0.2) is 0 Å². The molecule has 0 radical (unpaired) electrons. The molecule has 2 rings (SSSR count). The fourth-order valence-electron chi connectivity index (χ4n) is 2.69. The summed E-state index contributed by atoms with van der Waals surface area (Å²) in [5.41, 5.74) is -0.781. The van der Waals surface area contributed by atoms with Crippen LogP contribution in [0.3, 0.4) is 0 Å². The second-order valence-corrected chi connectivity index (χ2v) is 5.97. The van der Waals surface area contributed by atoms with E-state index < -0.39 is 17.0 Å². The van der Waals surface area contributed by atoms with Crippen LogP contribution in [0.5, 0.6) is 0 Å². The standard InChI is InChI=1S/C15H21NO3/c1-14(13(17)18)8-9-16(10-14)11-15(2,19)12-6-4-3-5-7-12/h3-7,19H,8-11H2,1-2H3,(H,17,18). The van der Waals surface area contributed by atoms with E-state index in [-0.39, 0.29) is 0 Å². The number of aliphatic carboxylic acids is 1. The summed E-state index contributed by atoms with van der Waals surface area (Å²) < 4.78 is 0. The predicted octanol–water partition coefficient (Wildman–Crippen LogP) is 1.69. The van der Waals surface area contributed by atoms with E-state index in [1.807, 2.05) is 35.2 Å². The molecule has 1 aromatic rings. The molecule has 0 amide bonds. The van der Waals surface area contributed by atoms with Gasteiger partial charge in [0.1, 0.15) is 0 Å². The third-order valence-electron chi connectivity index (χ3n) is 4.00. The number of hydrogen-bond donors (Lipinski definition) is 2. The van der Waals surface area contributed by atoms with Gasteiger partial charge in [-0.15, -0.1) is 0 Å². The van der Waals surface area contributed by atoms with Crippen LogP contribution in [0.1, 0.15) is 25.8 Å². The Hall–Kier alpha value is -1.39. The number of carboxylic acids is 1. The SMILES string of the molecule is CC1(C(=O)O)CCN(CC(C)(O)c2ccccc2)C1. The maximum atomic E-state index is 11.2. The highest BCUT2D eigenvalue weighted by Crippen LogP contribution is 2.32. The Morgan fingerprint density at radius 2 is 2.05 bits per heavy atom. The normalized spacial score (nSPS) is 27.1. The zero-order chi connectivity index (χ0) is 14.1. The summed E-state index contributed by atoms with van der Waals surface area (Å²) in [6.45, 7) is 5.21. The molecule has 104 valence electrons. The second kappa shape index (κ2) is 4.94. The first-order valence-corrected chi connectivity index (χ1v) is 6.57. The van der Waals surface area contributed by atoms with Crippen molar-refractivity contribution in [1.29, 1.82) is 0 Å².